The highest BCUT2D eigenvalue weighted by Gasteiger charge is 2.19. The Bertz CT molecular complexity index is 2110. The van der Waals surface area contributed by atoms with E-state index in [-0.39, 0.29) is 0 Å². The largest absolute Gasteiger partial charge is 0.278 e. The SMILES string of the molecule is c1ccc(-c2nc(-n3c4ccccc4c4cc5sc6cncnc6c5cc43)nc3ccccc23)cc1. The maximum atomic E-state index is 5.17. The zero-order valence-corrected chi connectivity index (χ0v) is 19.8. The first-order chi connectivity index (χ1) is 17.8. The Kier molecular flexibility index (Phi) is 4.03. The van der Waals surface area contributed by atoms with Crippen LogP contribution in [0.4, 0.5) is 0 Å². The van der Waals surface area contributed by atoms with Gasteiger partial charge in [-0.25, -0.2) is 19.9 Å². The fourth-order valence-electron chi connectivity index (χ4n) is 5.17. The fraction of sp³-hybridized carbons (Fsp3) is 0. The van der Waals surface area contributed by atoms with E-state index < -0.39 is 0 Å². The molecule has 0 bridgehead atoms. The van der Waals surface area contributed by atoms with Gasteiger partial charge in [-0.1, -0.05) is 66.7 Å². The molecule has 36 heavy (non-hydrogen) atoms. The molecule has 8 rings (SSSR count). The van der Waals surface area contributed by atoms with Crippen molar-refractivity contribution in [3.63, 3.8) is 0 Å². The number of hydrogen-bond acceptors (Lipinski definition) is 5. The van der Waals surface area contributed by atoms with Crippen LogP contribution in [0, 0.1) is 0 Å². The van der Waals surface area contributed by atoms with Gasteiger partial charge < -0.3 is 0 Å². The standard InChI is InChI=1S/C30H17N5S/c1-2-8-18(9-3-1)28-20-11-4-6-12-23(20)33-30(34-28)35-24-13-7-5-10-19(24)21-15-26-22(14-25(21)35)29-27(36-26)16-31-17-32-29/h1-17H. The third kappa shape index (κ3) is 2.76. The smallest absolute Gasteiger partial charge is 0.235 e. The molecule has 4 aromatic heterocycles. The van der Waals surface area contributed by atoms with Gasteiger partial charge in [0.05, 0.1) is 32.5 Å². The number of para-hydroxylation sites is 2. The second-order valence-electron chi connectivity index (χ2n) is 8.81. The lowest BCUT2D eigenvalue weighted by Gasteiger charge is -2.11. The first-order valence-electron chi connectivity index (χ1n) is 11.7. The summed E-state index contributed by atoms with van der Waals surface area (Å²) in [7, 11) is 0. The van der Waals surface area contributed by atoms with Crippen molar-refractivity contribution >= 4 is 64.3 Å². The maximum Gasteiger partial charge on any atom is 0.235 e. The van der Waals surface area contributed by atoms with Crippen molar-refractivity contribution in [2.24, 2.45) is 0 Å². The van der Waals surface area contributed by atoms with E-state index in [9.17, 15) is 0 Å². The molecule has 5 nitrogen and oxygen atoms in total. The van der Waals surface area contributed by atoms with Crippen LogP contribution in [0.1, 0.15) is 0 Å². The molecule has 0 aliphatic heterocycles. The fourth-order valence-corrected chi connectivity index (χ4v) is 6.23. The van der Waals surface area contributed by atoms with Crippen molar-refractivity contribution in [2.45, 2.75) is 0 Å². The maximum absolute atomic E-state index is 5.17. The number of nitrogens with zero attached hydrogens (tertiary/aromatic N) is 5. The Balaban J connectivity index is 1.53. The predicted octanol–water partition coefficient (Wildman–Crippen LogP) is 7.55. The highest BCUT2D eigenvalue weighted by atomic mass is 32.1. The van der Waals surface area contributed by atoms with Gasteiger partial charge in [-0.15, -0.1) is 11.3 Å². The van der Waals surface area contributed by atoms with Crippen molar-refractivity contribution < 1.29 is 0 Å². The summed E-state index contributed by atoms with van der Waals surface area (Å²) in [6.45, 7) is 0. The van der Waals surface area contributed by atoms with Gasteiger partial charge in [0.1, 0.15) is 6.33 Å². The molecular weight excluding hydrogens is 462 g/mol. The Morgan fingerprint density at radius 3 is 2.36 bits per heavy atom. The van der Waals surface area contributed by atoms with Gasteiger partial charge in [0, 0.05) is 38.0 Å². The van der Waals surface area contributed by atoms with Gasteiger partial charge in [-0.3, -0.25) is 4.57 Å². The van der Waals surface area contributed by atoms with Crippen molar-refractivity contribution in [3.05, 3.63) is 104 Å². The number of aromatic nitrogens is 5. The van der Waals surface area contributed by atoms with E-state index in [1.165, 1.54) is 15.5 Å². The van der Waals surface area contributed by atoms with Gasteiger partial charge in [0.25, 0.3) is 0 Å². The van der Waals surface area contributed by atoms with Crippen LogP contribution in [-0.4, -0.2) is 24.5 Å². The minimum atomic E-state index is 0.660. The van der Waals surface area contributed by atoms with Crippen LogP contribution in [0.5, 0.6) is 0 Å². The molecule has 0 radical (unpaired) electrons. The second-order valence-corrected chi connectivity index (χ2v) is 9.89. The molecule has 0 spiro atoms. The van der Waals surface area contributed by atoms with E-state index in [0.29, 0.717) is 5.95 Å². The third-order valence-corrected chi connectivity index (χ3v) is 7.84. The highest BCUT2D eigenvalue weighted by Crippen LogP contribution is 2.39. The summed E-state index contributed by atoms with van der Waals surface area (Å²) in [5, 5.41) is 4.51. The van der Waals surface area contributed by atoms with Crippen LogP contribution >= 0.6 is 11.3 Å². The summed E-state index contributed by atoms with van der Waals surface area (Å²) in [6, 6.07) is 31.5. The van der Waals surface area contributed by atoms with E-state index >= 15 is 0 Å². The number of rotatable bonds is 2. The lowest BCUT2D eigenvalue weighted by molar-refractivity contribution is 1.01. The van der Waals surface area contributed by atoms with Gasteiger partial charge in [-0.05, 0) is 24.3 Å². The zero-order chi connectivity index (χ0) is 23.6. The minimum Gasteiger partial charge on any atom is -0.278 e. The van der Waals surface area contributed by atoms with E-state index in [1.54, 1.807) is 17.7 Å². The van der Waals surface area contributed by atoms with Crippen LogP contribution in [0.3, 0.4) is 0 Å². The molecule has 4 aromatic carbocycles. The molecule has 4 heterocycles. The summed E-state index contributed by atoms with van der Waals surface area (Å²) < 4.78 is 4.47. The van der Waals surface area contributed by atoms with Crippen LogP contribution in [-0.2, 0) is 0 Å². The Labute approximate surface area is 209 Å². The normalized spacial score (nSPS) is 11.9. The Morgan fingerprint density at radius 2 is 1.44 bits per heavy atom. The van der Waals surface area contributed by atoms with Crippen molar-refractivity contribution in [2.75, 3.05) is 0 Å². The minimum absolute atomic E-state index is 0.660. The van der Waals surface area contributed by atoms with Crippen LogP contribution < -0.4 is 0 Å². The lowest BCUT2D eigenvalue weighted by Crippen LogP contribution is -2.03. The van der Waals surface area contributed by atoms with Crippen molar-refractivity contribution in [3.8, 4) is 17.2 Å². The number of hydrogen-bond donors (Lipinski definition) is 0. The Hall–Kier alpha value is -4.68. The van der Waals surface area contributed by atoms with Gasteiger partial charge in [0.2, 0.25) is 5.95 Å². The molecule has 0 N–H and O–H groups in total. The zero-order valence-electron chi connectivity index (χ0n) is 19.0. The molecule has 168 valence electrons. The summed E-state index contributed by atoms with van der Waals surface area (Å²) in [5.41, 5.74) is 6.04. The summed E-state index contributed by atoms with van der Waals surface area (Å²) in [5.74, 6) is 0.660. The molecule has 0 aliphatic carbocycles. The number of fused-ring (bicyclic) bond motifs is 7. The molecule has 6 heteroatoms. The highest BCUT2D eigenvalue weighted by molar-refractivity contribution is 7.25. The first kappa shape index (κ1) is 19.6. The molecule has 0 unspecified atom stereocenters. The van der Waals surface area contributed by atoms with Crippen LogP contribution in [0.2, 0.25) is 0 Å². The second kappa shape index (κ2) is 7.41. The van der Waals surface area contributed by atoms with E-state index in [0.717, 1.165) is 48.8 Å². The molecule has 0 fully saturated rings. The monoisotopic (exact) mass is 479 g/mol. The lowest BCUT2D eigenvalue weighted by atomic mass is 10.1. The molecule has 0 amide bonds. The molecular formula is C30H17N5S. The van der Waals surface area contributed by atoms with Crippen molar-refractivity contribution in [1.29, 1.82) is 0 Å². The third-order valence-electron chi connectivity index (χ3n) is 6.77. The summed E-state index contributed by atoms with van der Waals surface area (Å²) in [6.07, 6.45) is 3.51. The first-order valence-corrected chi connectivity index (χ1v) is 12.5. The predicted molar refractivity (Wildman–Crippen MR) is 148 cm³/mol. The quantitative estimate of drug-likeness (QED) is 0.257. The number of benzene rings is 4. The van der Waals surface area contributed by atoms with Crippen LogP contribution in [0.15, 0.2) is 104 Å². The molecule has 0 atom stereocenters. The molecule has 8 aromatic rings. The molecule has 0 saturated carbocycles. The van der Waals surface area contributed by atoms with Gasteiger partial charge in [-0.2, -0.15) is 0 Å². The number of thiophene rings is 1. The summed E-state index contributed by atoms with van der Waals surface area (Å²) >= 11 is 1.73. The molecule has 0 saturated heterocycles. The van der Waals surface area contributed by atoms with E-state index in [2.05, 4.69) is 75.2 Å². The van der Waals surface area contributed by atoms with E-state index in [4.69, 9.17) is 9.97 Å². The Morgan fingerprint density at radius 1 is 0.639 bits per heavy atom. The molecule has 0 aliphatic rings. The van der Waals surface area contributed by atoms with Crippen LogP contribution in [0.25, 0.3) is 70.2 Å². The summed E-state index contributed by atoms with van der Waals surface area (Å²) in [4.78, 5) is 19.0. The topological polar surface area (TPSA) is 56.5 Å². The van der Waals surface area contributed by atoms with Gasteiger partial charge in [0.15, 0.2) is 0 Å². The van der Waals surface area contributed by atoms with Crippen molar-refractivity contribution in [1.82, 2.24) is 24.5 Å². The average molecular weight is 480 g/mol. The average Bonchev–Trinajstić information content (AvgIpc) is 3.46. The van der Waals surface area contributed by atoms with E-state index in [1.807, 2.05) is 36.5 Å². The van der Waals surface area contributed by atoms with Gasteiger partial charge >= 0.3 is 0 Å².